The maximum atomic E-state index is 12.3. The van der Waals surface area contributed by atoms with Gasteiger partial charge in [0, 0.05) is 32.1 Å². The van der Waals surface area contributed by atoms with Gasteiger partial charge in [-0.25, -0.2) is 0 Å². The standard InChI is InChI=1S/C15H24N2O2/c1-3-19-12-15(18)17-11-6-4-5-8-14(17)13-9-7-10-16(13)2/h7,9-10,14H,3-6,8,11-12H2,1-2H3. The lowest BCUT2D eigenvalue weighted by atomic mass is 10.1. The van der Waals surface area contributed by atoms with E-state index in [4.69, 9.17) is 4.74 Å². The lowest BCUT2D eigenvalue weighted by Crippen LogP contribution is -2.38. The van der Waals surface area contributed by atoms with Crippen LogP contribution in [-0.2, 0) is 16.6 Å². The first-order valence-corrected chi connectivity index (χ1v) is 7.22. The Hall–Kier alpha value is -1.29. The summed E-state index contributed by atoms with van der Waals surface area (Å²) in [6.45, 7) is 3.57. The van der Waals surface area contributed by atoms with Crippen molar-refractivity contribution in [2.24, 2.45) is 7.05 Å². The molecule has 1 atom stereocenters. The van der Waals surface area contributed by atoms with Gasteiger partial charge in [0.2, 0.25) is 5.91 Å². The van der Waals surface area contributed by atoms with Crippen molar-refractivity contribution in [1.29, 1.82) is 0 Å². The molecule has 0 aliphatic carbocycles. The number of nitrogens with zero attached hydrogens (tertiary/aromatic N) is 2. The zero-order valence-corrected chi connectivity index (χ0v) is 12.0. The van der Waals surface area contributed by atoms with E-state index in [2.05, 4.69) is 10.6 Å². The molecule has 4 heteroatoms. The third kappa shape index (κ3) is 3.38. The average molecular weight is 264 g/mol. The summed E-state index contributed by atoms with van der Waals surface area (Å²) in [6, 6.07) is 4.37. The van der Waals surface area contributed by atoms with E-state index in [1.807, 2.05) is 31.1 Å². The monoisotopic (exact) mass is 264 g/mol. The van der Waals surface area contributed by atoms with Crippen molar-refractivity contribution in [3.63, 3.8) is 0 Å². The van der Waals surface area contributed by atoms with Crippen molar-refractivity contribution in [3.8, 4) is 0 Å². The molecule has 0 bridgehead atoms. The van der Waals surface area contributed by atoms with Crippen LogP contribution in [-0.4, -0.2) is 35.1 Å². The number of carbonyl (C=O) groups is 1. The highest BCUT2D eigenvalue weighted by Crippen LogP contribution is 2.30. The maximum Gasteiger partial charge on any atom is 0.249 e. The molecule has 0 aromatic carbocycles. The summed E-state index contributed by atoms with van der Waals surface area (Å²) in [4.78, 5) is 14.3. The Morgan fingerprint density at radius 2 is 2.26 bits per heavy atom. The number of aromatic nitrogens is 1. The van der Waals surface area contributed by atoms with E-state index in [0.717, 1.165) is 19.4 Å². The minimum absolute atomic E-state index is 0.120. The molecule has 4 nitrogen and oxygen atoms in total. The summed E-state index contributed by atoms with van der Waals surface area (Å²) in [7, 11) is 2.05. The molecule has 2 rings (SSSR count). The van der Waals surface area contributed by atoms with Crippen LogP contribution >= 0.6 is 0 Å². The van der Waals surface area contributed by atoms with Gasteiger partial charge in [0.25, 0.3) is 0 Å². The van der Waals surface area contributed by atoms with Crippen molar-refractivity contribution in [1.82, 2.24) is 9.47 Å². The quantitative estimate of drug-likeness (QED) is 0.837. The van der Waals surface area contributed by atoms with Gasteiger partial charge >= 0.3 is 0 Å². The van der Waals surface area contributed by atoms with Gasteiger partial charge in [0.1, 0.15) is 6.61 Å². The van der Waals surface area contributed by atoms with Crippen LogP contribution in [0.4, 0.5) is 0 Å². The number of amides is 1. The van der Waals surface area contributed by atoms with Crippen LogP contribution < -0.4 is 0 Å². The van der Waals surface area contributed by atoms with Gasteiger partial charge in [-0.05, 0) is 31.9 Å². The molecule has 1 aliphatic rings. The molecule has 19 heavy (non-hydrogen) atoms. The Labute approximate surface area is 115 Å². The molecule has 1 saturated heterocycles. The molecule has 1 aromatic heterocycles. The Kier molecular flexibility index (Phi) is 5.02. The van der Waals surface area contributed by atoms with E-state index in [1.165, 1.54) is 18.5 Å². The van der Waals surface area contributed by atoms with Gasteiger partial charge in [-0.15, -0.1) is 0 Å². The molecule has 0 saturated carbocycles. The topological polar surface area (TPSA) is 34.5 Å². The van der Waals surface area contributed by atoms with E-state index in [0.29, 0.717) is 6.61 Å². The van der Waals surface area contributed by atoms with E-state index < -0.39 is 0 Å². The van der Waals surface area contributed by atoms with Gasteiger partial charge in [-0.3, -0.25) is 4.79 Å². The van der Waals surface area contributed by atoms with E-state index >= 15 is 0 Å². The van der Waals surface area contributed by atoms with Gasteiger partial charge in [0.15, 0.2) is 0 Å². The molecule has 1 aromatic rings. The summed E-state index contributed by atoms with van der Waals surface area (Å²) in [5.41, 5.74) is 1.23. The van der Waals surface area contributed by atoms with Crippen LogP contribution in [0.3, 0.4) is 0 Å². The number of carbonyl (C=O) groups excluding carboxylic acids is 1. The zero-order valence-electron chi connectivity index (χ0n) is 12.0. The predicted octanol–water partition coefficient (Wildman–Crippen LogP) is 2.51. The fourth-order valence-corrected chi connectivity index (χ4v) is 2.81. The third-order valence-electron chi connectivity index (χ3n) is 3.83. The molecular weight excluding hydrogens is 240 g/mol. The number of aryl methyl sites for hydroxylation is 1. The number of likely N-dealkylation sites (tertiary alicyclic amines) is 1. The average Bonchev–Trinajstić information content (AvgIpc) is 2.69. The molecule has 2 heterocycles. The van der Waals surface area contributed by atoms with Crippen LogP contribution in [0.2, 0.25) is 0 Å². The molecular formula is C15H24N2O2. The fourth-order valence-electron chi connectivity index (χ4n) is 2.81. The fraction of sp³-hybridized carbons (Fsp3) is 0.667. The smallest absolute Gasteiger partial charge is 0.249 e. The third-order valence-corrected chi connectivity index (χ3v) is 3.83. The SMILES string of the molecule is CCOCC(=O)N1CCCCCC1c1cccn1C. The van der Waals surface area contributed by atoms with Crippen LogP contribution in [0.15, 0.2) is 18.3 Å². The predicted molar refractivity (Wildman–Crippen MR) is 74.8 cm³/mol. The summed E-state index contributed by atoms with van der Waals surface area (Å²) in [5, 5.41) is 0. The van der Waals surface area contributed by atoms with Crippen LogP contribution in [0.1, 0.15) is 44.3 Å². The molecule has 1 unspecified atom stereocenters. The molecule has 106 valence electrons. The second-order valence-corrected chi connectivity index (χ2v) is 5.13. The molecule has 1 fully saturated rings. The first-order chi connectivity index (χ1) is 9.24. The van der Waals surface area contributed by atoms with E-state index in [-0.39, 0.29) is 18.6 Å². The number of rotatable bonds is 4. The summed E-state index contributed by atoms with van der Waals surface area (Å²) in [6.07, 6.45) is 6.59. The van der Waals surface area contributed by atoms with E-state index in [9.17, 15) is 4.79 Å². The second-order valence-electron chi connectivity index (χ2n) is 5.13. The van der Waals surface area contributed by atoms with Crippen LogP contribution in [0.5, 0.6) is 0 Å². The number of hydrogen-bond donors (Lipinski definition) is 0. The minimum atomic E-state index is 0.120. The van der Waals surface area contributed by atoms with Gasteiger partial charge < -0.3 is 14.2 Å². The number of hydrogen-bond acceptors (Lipinski definition) is 2. The summed E-state index contributed by atoms with van der Waals surface area (Å²) < 4.78 is 7.41. The molecule has 0 N–H and O–H groups in total. The van der Waals surface area contributed by atoms with E-state index in [1.54, 1.807) is 0 Å². The molecule has 1 amide bonds. The largest absolute Gasteiger partial charge is 0.372 e. The summed E-state index contributed by atoms with van der Waals surface area (Å²) in [5.74, 6) is 0.120. The highest BCUT2D eigenvalue weighted by Gasteiger charge is 2.27. The summed E-state index contributed by atoms with van der Waals surface area (Å²) >= 11 is 0. The van der Waals surface area contributed by atoms with Gasteiger partial charge in [-0.2, -0.15) is 0 Å². The lowest BCUT2D eigenvalue weighted by molar-refractivity contribution is -0.138. The first kappa shape index (κ1) is 14.1. The molecule has 1 aliphatic heterocycles. The van der Waals surface area contributed by atoms with Gasteiger partial charge in [-0.1, -0.05) is 12.8 Å². The minimum Gasteiger partial charge on any atom is -0.372 e. The molecule has 0 spiro atoms. The van der Waals surface area contributed by atoms with Crippen molar-refractivity contribution >= 4 is 5.91 Å². The second kappa shape index (κ2) is 6.75. The zero-order chi connectivity index (χ0) is 13.7. The van der Waals surface area contributed by atoms with Crippen LogP contribution in [0.25, 0.3) is 0 Å². The highest BCUT2D eigenvalue weighted by molar-refractivity contribution is 5.78. The van der Waals surface area contributed by atoms with Crippen molar-refractivity contribution in [2.45, 2.75) is 38.6 Å². The normalized spacial score (nSPS) is 20.3. The number of ether oxygens (including phenoxy) is 1. The van der Waals surface area contributed by atoms with Crippen molar-refractivity contribution in [2.75, 3.05) is 19.8 Å². The van der Waals surface area contributed by atoms with Gasteiger partial charge in [0.05, 0.1) is 6.04 Å². The highest BCUT2D eigenvalue weighted by atomic mass is 16.5. The Morgan fingerprint density at radius 1 is 1.42 bits per heavy atom. The maximum absolute atomic E-state index is 12.3. The molecule has 0 radical (unpaired) electrons. The van der Waals surface area contributed by atoms with Crippen LogP contribution in [0, 0.1) is 0 Å². The lowest BCUT2D eigenvalue weighted by Gasteiger charge is -2.30. The van der Waals surface area contributed by atoms with Crippen molar-refractivity contribution in [3.05, 3.63) is 24.0 Å². The Bertz CT molecular complexity index is 414. The van der Waals surface area contributed by atoms with Crippen molar-refractivity contribution < 1.29 is 9.53 Å². The first-order valence-electron chi connectivity index (χ1n) is 7.22. The Morgan fingerprint density at radius 3 is 2.95 bits per heavy atom. The Balaban J connectivity index is 2.16.